The van der Waals surface area contributed by atoms with Crippen LogP contribution in [-0.2, 0) is 0 Å². The summed E-state index contributed by atoms with van der Waals surface area (Å²) in [4.78, 5) is 0. The van der Waals surface area contributed by atoms with E-state index in [4.69, 9.17) is 16.3 Å². The van der Waals surface area contributed by atoms with E-state index in [-0.39, 0.29) is 0 Å². The summed E-state index contributed by atoms with van der Waals surface area (Å²) >= 11 is 5.50. The summed E-state index contributed by atoms with van der Waals surface area (Å²) in [6.07, 6.45) is 5.38. The lowest BCUT2D eigenvalue weighted by molar-refractivity contribution is 0.210. The second kappa shape index (κ2) is 5.82. The molecule has 1 aromatic rings. The first-order chi connectivity index (χ1) is 7.88. The van der Waals surface area contributed by atoms with Crippen molar-refractivity contribution in [3.05, 3.63) is 29.8 Å². The van der Waals surface area contributed by atoms with Gasteiger partial charge in [0.05, 0.1) is 12.0 Å². The molecule has 1 nitrogen and oxygen atoms in total. The molecule has 2 heteroatoms. The number of ether oxygens (including phenoxy) is 1. The summed E-state index contributed by atoms with van der Waals surface area (Å²) in [5.74, 6) is 7.13. The van der Waals surface area contributed by atoms with E-state index in [0.29, 0.717) is 12.0 Å². The Labute approximate surface area is 102 Å². The molecule has 0 bridgehead atoms. The van der Waals surface area contributed by atoms with Crippen molar-refractivity contribution in [2.75, 3.05) is 5.88 Å². The van der Waals surface area contributed by atoms with Crippen LogP contribution in [0, 0.1) is 11.8 Å². The Morgan fingerprint density at radius 1 is 1.19 bits per heavy atom. The van der Waals surface area contributed by atoms with E-state index in [9.17, 15) is 0 Å². The van der Waals surface area contributed by atoms with Gasteiger partial charge in [-0.1, -0.05) is 11.8 Å². The summed E-state index contributed by atoms with van der Waals surface area (Å²) in [6, 6.07) is 7.92. The Bertz CT molecular complexity index is 379. The van der Waals surface area contributed by atoms with Crippen molar-refractivity contribution in [3.8, 4) is 17.6 Å². The minimum absolute atomic E-state index is 0.375. The molecule has 0 atom stereocenters. The predicted molar refractivity (Wildman–Crippen MR) is 66.9 cm³/mol. The lowest BCUT2D eigenvalue weighted by Gasteiger charge is -2.12. The highest BCUT2D eigenvalue weighted by Crippen LogP contribution is 2.24. The van der Waals surface area contributed by atoms with Crippen LogP contribution in [0.25, 0.3) is 0 Å². The summed E-state index contributed by atoms with van der Waals surface area (Å²) in [5.41, 5.74) is 0.986. The molecule has 1 aliphatic rings. The number of alkyl halides is 1. The van der Waals surface area contributed by atoms with Gasteiger partial charge in [0.1, 0.15) is 5.75 Å². The van der Waals surface area contributed by atoms with E-state index in [1.165, 1.54) is 25.7 Å². The molecule has 1 aliphatic carbocycles. The topological polar surface area (TPSA) is 9.23 Å². The second-order valence-corrected chi connectivity index (χ2v) is 4.25. The molecule has 1 fully saturated rings. The van der Waals surface area contributed by atoms with Crippen molar-refractivity contribution in [2.45, 2.75) is 31.8 Å². The quantitative estimate of drug-likeness (QED) is 0.561. The van der Waals surface area contributed by atoms with Gasteiger partial charge in [0.2, 0.25) is 0 Å². The maximum atomic E-state index is 5.86. The van der Waals surface area contributed by atoms with Crippen molar-refractivity contribution in [2.24, 2.45) is 0 Å². The lowest BCUT2D eigenvalue weighted by atomic mass is 10.2. The van der Waals surface area contributed by atoms with Gasteiger partial charge in [-0.25, -0.2) is 0 Å². The molecule has 84 valence electrons. The van der Waals surface area contributed by atoms with E-state index in [1.54, 1.807) is 0 Å². The van der Waals surface area contributed by atoms with E-state index in [2.05, 4.69) is 11.8 Å². The molecule has 0 aliphatic heterocycles. The van der Waals surface area contributed by atoms with Crippen molar-refractivity contribution < 1.29 is 4.74 Å². The van der Waals surface area contributed by atoms with Crippen molar-refractivity contribution in [1.82, 2.24) is 0 Å². The zero-order chi connectivity index (χ0) is 11.2. The molecule has 0 N–H and O–H groups in total. The Balaban J connectivity index is 1.95. The number of halogens is 1. The maximum absolute atomic E-state index is 5.86. The van der Waals surface area contributed by atoms with Gasteiger partial charge in [-0.15, -0.1) is 11.6 Å². The van der Waals surface area contributed by atoms with Crippen LogP contribution in [0.3, 0.4) is 0 Å². The zero-order valence-corrected chi connectivity index (χ0v) is 9.96. The van der Waals surface area contributed by atoms with E-state index >= 15 is 0 Å². The molecular weight excluding hydrogens is 220 g/mol. The minimum Gasteiger partial charge on any atom is -0.490 e. The highest BCUT2D eigenvalue weighted by atomic mass is 35.5. The standard InChI is InChI=1S/C14H15ClO/c15-11-3-4-12-7-9-14(10-8-12)16-13-5-1-2-6-13/h7-10,13H,1-2,5-6,11H2. The third-order valence-corrected chi connectivity index (χ3v) is 2.89. The van der Waals surface area contributed by atoms with Crippen LogP contribution in [-0.4, -0.2) is 12.0 Å². The molecule has 0 radical (unpaired) electrons. The Morgan fingerprint density at radius 3 is 2.50 bits per heavy atom. The van der Waals surface area contributed by atoms with E-state index in [1.807, 2.05) is 24.3 Å². The normalized spacial score (nSPS) is 15.6. The average Bonchev–Trinajstić information content (AvgIpc) is 2.81. The van der Waals surface area contributed by atoms with Gasteiger partial charge in [-0.05, 0) is 49.9 Å². The highest BCUT2D eigenvalue weighted by molar-refractivity contribution is 6.19. The zero-order valence-electron chi connectivity index (χ0n) is 9.21. The molecule has 16 heavy (non-hydrogen) atoms. The molecule has 0 heterocycles. The molecule has 1 saturated carbocycles. The highest BCUT2D eigenvalue weighted by Gasteiger charge is 2.15. The maximum Gasteiger partial charge on any atom is 0.119 e. The van der Waals surface area contributed by atoms with Crippen LogP contribution in [0.4, 0.5) is 0 Å². The molecular formula is C14H15ClO. The second-order valence-electron chi connectivity index (χ2n) is 3.98. The van der Waals surface area contributed by atoms with Crippen LogP contribution < -0.4 is 4.74 Å². The summed E-state index contributed by atoms with van der Waals surface area (Å²) in [6.45, 7) is 0. The minimum atomic E-state index is 0.375. The predicted octanol–water partition coefficient (Wildman–Crippen LogP) is 3.60. The van der Waals surface area contributed by atoms with Crippen molar-refractivity contribution in [1.29, 1.82) is 0 Å². The average molecular weight is 235 g/mol. The van der Waals surface area contributed by atoms with Crippen LogP contribution in [0.1, 0.15) is 31.2 Å². The summed E-state index contributed by atoms with van der Waals surface area (Å²) in [7, 11) is 0. The Kier molecular flexibility index (Phi) is 4.13. The summed E-state index contributed by atoms with van der Waals surface area (Å²) in [5, 5.41) is 0. The first-order valence-electron chi connectivity index (χ1n) is 5.70. The van der Waals surface area contributed by atoms with Gasteiger partial charge in [0.25, 0.3) is 0 Å². The van der Waals surface area contributed by atoms with Gasteiger partial charge in [0, 0.05) is 5.56 Å². The number of benzene rings is 1. The van der Waals surface area contributed by atoms with Gasteiger partial charge in [-0.3, -0.25) is 0 Å². The van der Waals surface area contributed by atoms with Crippen LogP contribution in [0.15, 0.2) is 24.3 Å². The van der Waals surface area contributed by atoms with Gasteiger partial charge >= 0.3 is 0 Å². The SMILES string of the molecule is ClCC#Cc1ccc(OC2CCCC2)cc1. The molecule has 2 rings (SSSR count). The fraction of sp³-hybridized carbons (Fsp3) is 0.429. The van der Waals surface area contributed by atoms with E-state index in [0.717, 1.165) is 11.3 Å². The number of hydrogen-bond donors (Lipinski definition) is 0. The fourth-order valence-electron chi connectivity index (χ4n) is 1.95. The molecule has 0 spiro atoms. The fourth-order valence-corrected chi connectivity index (χ4v) is 2.02. The lowest BCUT2D eigenvalue weighted by Crippen LogP contribution is -2.10. The molecule has 0 aromatic heterocycles. The van der Waals surface area contributed by atoms with E-state index < -0.39 is 0 Å². The number of rotatable bonds is 2. The van der Waals surface area contributed by atoms with Gasteiger partial charge < -0.3 is 4.74 Å². The van der Waals surface area contributed by atoms with Crippen LogP contribution in [0.5, 0.6) is 5.75 Å². The van der Waals surface area contributed by atoms with Crippen molar-refractivity contribution in [3.63, 3.8) is 0 Å². The van der Waals surface area contributed by atoms with Crippen LogP contribution >= 0.6 is 11.6 Å². The first-order valence-corrected chi connectivity index (χ1v) is 6.23. The Morgan fingerprint density at radius 2 is 1.88 bits per heavy atom. The summed E-state index contributed by atoms with van der Waals surface area (Å²) < 4.78 is 5.86. The van der Waals surface area contributed by atoms with Gasteiger partial charge in [0.15, 0.2) is 0 Å². The third kappa shape index (κ3) is 3.18. The number of hydrogen-bond acceptors (Lipinski definition) is 1. The smallest absolute Gasteiger partial charge is 0.119 e. The molecule has 1 aromatic carbocycles. The van der Waals surface area contributed by atoms with Crippen molar-refractivity contribution >= 4 is 11.6 Å². The van der Waals surface area contributed by atoms with Gasteiger partial charge in [-0.2, -0.15) is 0 Å². The first kappa shape index (κ1) is 11.4. The Hall–Kier alpha value is -1.13. The molecule has 0 amide bonds. The molecule has 0 unspecified atom stereocenters. The molecule has 0 saturated heterocycles. The largest absolute Gasteiger partial charge is 0.490 e. The van der Waals surface area contributed by atoms with Crippen LogP contribution in [0.2, 0.25) is 0 Å². The monoisotopic (exact) mass is 234 g/mol. The third-order valence-electron chi connectivity index (χ3n) is 2.76.